The van der Waals surface area contributed by atoms with Gasteiger partial charge < -0.3 is 15.5 Å². The highest BCUT2D eigenvalue weighted by Gasteiger charge is 2.47. The Labute approximate surface area is 183 Å². The Bertz CT molecular complexity index is 959. The molecule has 1 heterocycles. The molecule has 4 rings (SSSR count). The zero-order valence-electron chi connectivity index (χ0n) is 17.8. The lowest BCUT2D eigenvalue weighted by Gasteiger charge is -2.33. The van der Waals surface area contributed by atoms with Crippen LogP contribution in [0.3, 0.4) is 0 Å². The average molecular weight is 420 g/mol. The predicted molar refractivity (Wildman–Crippen MR) is 119 cm³/mol. The molecule has 2 aromatic rings. The number of amides is 3. The number of hydrogen-bond acceptors (Lipinski definition) is 3. The summed E-state index contributed by atoms with van der Waals surface area (Å²) in [7, 11) is 0. The summed E-state index contributed by atoms with van der Waals surface area (Å²) in [6.07, 6.45) is 5.03. The van der Waals surface area contributed by atoms with Gasteiger partial charge >= 0.3 is 0 Å². The van der Waals surface area contributed by atoms with Crippen molar-refractivity contribution in [1.82, 2.24) is 10.2 Å². The third-order valence-electron chi connectivity index (χ3n) is 6.36. The molecule has 0 aromatic heterocycles. The fourth-order valence-electron chi connectivity index (χ4n) is 4.99. The van der Waals surface area contributed by atoms with E-state index in [1.54, 1.807) is 0 Å². The second-order valence-corrected chi connectivity index (χ2v) is 8.54. The summed E-state index contributed by atoms with van der Waals surface area (Å²) < 4.78 is 0. The van der Waals surface area contributed by atoms with Crippen molar-refractivity contribution in [1.29, 1.82) is 0 Å². The molecule has 3 atom stereocenters. The van der Waals surface area contributed by atoms with E-state index >= 15 is 0 Å². The molecular formula is C25H29N3O3. The van der Waals surface area contributed by atoms with Crippen LogP contribution in [0, 0.1) is 5.92 Å². The quantitative estimate of drug-likeness (QED) is 0.775. The van der Waals surface area contributed by atoms with Gasteiger partial charge in [0.05, 0.1) is 0 Å². The number of nitrogens with zero attached hydrogens (tertiary/aromatic N) is 1. The maximum atomic E-state index is 13.3. The highest BCUT2D eigenvalue weighted by molar-refractivity contribution is 5.98. The van der Waals surface area contributed by atoms with Crippen molar-refractivity contribution in [2.24, 2.45) is 5.92 Å². The minimum atomic E-state index is -0.445. The van der Waals surface area contributed by atoms with Crippen LogP contribution in [0.4, 0.5) is 5.69 Å². The maximum absolute atomic E-state index is 13.3. The Hall–Kier alpha value is -3.15. The zero-order chi connectivity index (χ0) is 21.8. The van der Waals surface area contributed by atoms with Crippen LogP contribution in [0.25, 0.3) is 0 Å². The fourth-order valence-corrected chi connectivity index (χ4v) is 4.99. The van der Waals surface area contributed by atoms with E-state index in [1.165, 1.54) is 13.3 Å². The maximum Gasteiger partial charge on any atom is 0.254 e. The summed E-state index contributed by atoms with van der Waals surface area (Å²) in [4.78, 5) is 39.7. The third kappa shape index (κ3) is 4.79. The van der Waals surface area contributed by atoms with Crippen molar-refractivity contribution >= 4 is 23.4 Å². The molecule has 162 valence electrons. The van der Waals surface area contributed by atoms with E-state index in [0.717, 1.165) is 31.2 Å². The van der Waals surface area contributed by atoms with Crippen LogP contribution in [0.1, 0.15) is 54.9 Å². The number of carbonyl (C=O) groups is 3. The van der Waals surface area contributed by atoms with E-state index in [-0.39, 0.29) is 23.8 Å². The van der Waals surface area contributed by atoms with Crippen LogP contribution in [-0.4, -0.2) is 34.7 Å². The summed E-state index contributed by atoms with van der Waals surface area (Å²) in [6, 6.07) is 16.4. The molecule has 0 radical (unpaired) electrons. The fraction of sp³-hybridized carbons (Fsp3) is 0.400. The molecule has 2 aromatic carbocycles. The van der Waals surface area contributed by atoms with Gasteiger partial charge in [-0.15, -0.1) is 0 Å². The molecule has 6 heteroatoms. The average Bonchev–Trinajstić information content (AvgIpc) is 3.17. The second kappa shape index (κ2) is 9.33. The number of nitrogens with one attached hydrogen (secondary N) is 2. The van der Waals surface area contributed by atoms with Gasteiger partial charge in [-0.1, -0.05) is 43.2 Å². The SMILES string of the molecule is CC(=O)Nc1cccc(CNC(=O)C2CC3CCCCC3N2C(=O)c2ccccc2)c1. The monoisotopic (exact) mass is 419 g/mol. The van der Waals surface area contributed by atoms with Crippen molar-refractivity contribution in [3.63, 3.8) is 0 Å². The van der Waals surface area contributed by atoms with Gasteiger partial charge in [-0.25, -0.2) is 0 Å². The number of anilines is 1. The van der Waals surface area contributed by atoms with Gasteiger partial charge in [-0.05, 0) is 55.0 Å². The number of likely N-dealkylation sites (tertiary alicyclic amines) is 1. The van der Waals surface area contributed by atoms with Gasteiger partial charge in [-0.3, -0.25) is 14.4 Å². The Morgan fingerprint density at radius 1 is 1.00 bits per heavy atom. The topological polar surface area (TPSA) is 78.5 Å². The van der Waals surface area contributed by atoms with E-state index in [2.05, 4.69) is 10.6 Å². The molecule has 3 unspecified atom stereocenters. The van der Waals surface area contributed by atoms with Gasteiger partial charge in [0, 0.05) is 30.8 Å². The van der Waals surface area contributed by atoms with E-state index in [9.17, 15) is 14.4 Å². The molecule has 1 saturated carbocycles. The van der Waals surface area contributed by atoms with Crippen LogP contribution in [0.5, 0.6) is 0 Å². The first-order valence-electron chi connectivity index (χ1n) is 11.0. The lowest BCUT2D eigenvalue weighted by Crippen LogP contribution is -2.49. The third-order valence-corrected chi connectivity index (χ3v) is 6.36. The van der Waals surface area contributed by atoms with E-state index in [0.29, 0.717) is 23.7 Å². The molecule has 0 bridgehead atoms. The van der Waals surface area contributed by atoms with Crippen LogP contribution < -0.4 is 10.6 Å². The molecule has 3 amide bonds. The van der Waals surface area contributed by atoms with Crippen molar-refractivity contribution in [3.05, 3.63) is 65.7 Å². The number of carbonyl (C=O) groups excluding carboxylic acids is 3. The summed E-state index contributed by atoms with van der Waals surface area (Å²) in [5, 5.41) is 5.78. The summed E-state index contributed by atoms with van der Waals surface area (Å²) in [5.41, 5.74) is 2.23. The lowest BCUT2D eigenvalue weighted by atomic mass is 9.84. The Balaban J connectivity index is 1.49. The van der Waals surface area contributed by atoms with Gasteiger partial charge in [-0.2, -0.15) is 0 Å². The Morgan fingerprint density at radius 2 is 1.77 bits per heavy atom. The Morgan fingerprint density at radius 3 is 2.55 bits per heavy atom. The zero-order valence-corrected chi connectivity index (χ0v) is 17.8. The molecule has 6 nitrogen and oxygen atoms in total. The van der Waals surface area contributed by atoms with E-state index < -0.39 is 6.04 Å². The number of benzene rings is 2. The molecule has 1 saturated heterocycles. The second-order valence-electron chi connectivity index (χ2n) is 8.54. The first-order chi connectivity index (χ1) is 15.0. The van der Waals surface area contributed by atoms with E-state index in [4.69, 9.17) is 0 Å². The number of hydrogen-bond donors (Lipinski definition) is 2. The van der Waals surface area contributed by atoms with Gasteiger partial charge in [0.2, 0.25) is 11.8 Å². The van der Waals surface area contributed by atoms with Crippen molar-refractivity contribution < 1.29 is 14.4 Å². The van der Waals surface area contributed by atoms with Crippen molar-refractivity contribution in [3.8, 4) is 0 Å². The summed E-state index contributed by atoms with van der Waals surface area (Å²) in [6.45, 7) is 1.82. The van der Waals surface area contributed by atoms with Crippen LogP contribution in [0.2, 0.25) is 0 Å². The highest BCUT2D eigenvalue weighted by Crippen LogP contribution is 2.40. The minimum Gasteiger partial charge on any atom is -0.350 e. The molecule has 0 spiro atoms. The van der Waals surface area contributed by atoms with E-state index in [1.807, 2.05) is 59.5 Å². The van der Waals surface area contributed by atoms with Crippen LogP contribution in [-0.2, 0) is 16.1 Å². The standard InChI is InChI=1S/C25H29N3O3/c1-17(29)27-21-12-7-8-18(14-21)16-26-24(30)23-15-20-11-5-6-13-22(20)28(23)25(31)19-9-3-2-4-10-19/h2-4,7-10,12,14,20,22-23H,5-6,11,13,15-16H2,1H3,(H,26,30)(H,27,29). The molecule has 2 aliphatic rings. The summed E-state index contributed by atoms with van der Waals surface area (Å²) >= 11 is 0. The predicted octanol–water partition coefficient (Wildman–Crippen LogP) is 3.73. The molecular weight excluding hydrogens is 390 g/mol. The molecule has 2 fully saturated rings. The smallest absolute Gasteiger partial charge is 0.254 e. The normalized spacial score (nSPS) is 22.5. The lowest BCUT2D eigenvalue weighted by molar-refractivity contribution is -0.125. The minimum absolute atomic E-state index is 0.0530. The first kappa shape index (κ1) is 21.1. The molecule has 31 heavy (non-hydrogen) atoms. The molecule has 1 aliphatic heterocycles. The van der Waals surface area contributed by atoms with Gasteiger partial charge in [0.1, 0.15) is 6.04 Å². The molecule has 2 N–H and O–H groups in total. The highest BCUT2D eigenvalue weighted by atomic mass is 16.2. The first-order valence-corrected chi connectivity index (χ1v) is 11.0. The van der Waals surface area contributed by atoms with Gasteiger partial charge in [0.15, 0.2) is 0 Å². The van der Waals surface area contributed by atoms with Gasteiger partial charge in [0.25, 0.3) is 5.91 Å². The summed E-state index contributed by atoms with van der Waals surface area (Å²) in [5.74, 6) is 0.0940. The van der Waals surface area contributed by atoms with Crippen molar-refractivity contribution in [2.45, 2.75) is 57.7 Å². The van der Waals surface area contributed by atoms with Crippen LogP contribution in [0.15, 0.2) is 54.6 Å². The van der Waals surface area contributed by atoms with Crippen molar-refractivity contribution in [2.75, 3.05) is 5.32 Å². The Kier molecular flexibility index (Phi) is 6.35. The van der Waals surface area contributed by atoms with Crippen LogP contribution >= 0.6 is 0 Å². The number of fused-ring (bicyclic) bond motifs is 1. The number of rotatable bonds is 5. The molecule has 1 aliphatic carbocycles. The largest absolute Gasteiger partial charge is 0.350 e.